The molecule has 0 bridgehead atoms. The second-order valence-corrected chi connectivity index (χ2v) is 5.16. The predicted octanol–water partition coefficient (Wildman–Crippen LogP) is 3.76. The molecule has 3 nitrogen and oxygen atoms in total. The summed E-state index contributed by atoms with van der Waals surface area (Å²) in [5.74, 6) is -0.0468. The number of amides is 1. The van der Waals surface area contributed by atoms with E-state index in [4.69, 9.17) is 11.6 Å². The molecule has 4 heteroatoms. The SMILES string of the molecule is CCCN(/C=C1/C(=O)Nc2cc(Cl)ccc21)CCC. The second kappa shape index (κ2) is 6.11. The third kappa shape index (κ3) is 3.10. The van der Waals surface area contributed by atoms with Gasteiger partial charge < -0.3 is 10.2 Å². The number of nitrogens with one attached hydrogen (secondary N) is 1. The van der Waals surface area contributed by atoms with Crippen LogP contribution in [-0.2, 0) is 4.79 Å². The van der Waals surface area contributed by atoms with Crippen molar-refractivity contribution < 1.29 is 4.79 Å². The van der Waals surface area contributed by atoms with Gasteiger partial charge in [0.05, 0.1) is 11.3 Å². The molecule has 1 aliphatic heterocycles. The van der Waals surface area contributed by atoms with Crippen LogP contribution in [0.3, 0.4) is 0 Å². The molecule has 0 saturated carbocycles. The number of anilines is 1. The van der Waals surface area contributed by atoms with Gasteiger partial charge in [-0.1, -0.05) is 31.5 Å². The van der Waals surface area contributed by atoms with Crippen molar-refractivity contribution in [2.24, 2.45) is 0 Å². The van der Waals surface area contributed by atoms with Crippen LogP contribution in [0.2, 0.25) is 5.02 Å². The summed E-state index contributed by atoms with van der Waals surface area (Å²) in [6.07, 6.45) is 4.11. The highest BCUT2D eigenvalue weighted by Crippen LogP contribution is 2.33. The monoisotopic (exact) mass is 278 g/mol. The van der Waals surface area contributed by atoms with Gasteiger partial charge in [-0.15, -0.1) is 0 Å². The van der Waals surface area contributed by atoms with Crippen molar-refractivity contribution >= 4 is 28.8 Å². The number of hydrogen-bond acceptors (Lipinski definition) is 2. The molecule has 0 fully saturated rings. The minimum atomic E-state index is -0.0468. The Kier molecular flexibility index (Phi) is 4.48. The van der Waals surface area contributed by atoms with E-state index in [9.17, 15) is 4.79 Å². The molecular formula is C15H19ClN2O. The first-order chi connectivity index (χ1) is 9.15. The fourth-order valence-corrected chi connectivity index (χ4v) is 2.46. The van der Waals surface area contributed by atoms with Gasteiger partial charge in [-0.25, -0.2) is 0 Å². The van der Waals surface area contributed by atoms with E-state index < -0.39 is 0 Å². The third-order valence-electron chi connectivity index (χ3n) is 3.10. The summed E-state index contributed by atoms with van der Waals surface area (Å²) in [6.45, 7) is 6.22. The van der Waals surface area contributed by atoms with Crippen molar-refractivity contribution in [1.82, 2.24) is 4.90 Å². The Morgan fingerprint density at radius 1 is 1.26 bits per heavy atom. The number of nitrogens with zero attached hydrogens (tertiary/aromatic N) is 1. The van der Waals surface area contributed by atoms with E-state index in [1.807, 2.05) is 18.3 Å². The van der Waals surface area contributed by atoms with Crippen LogP contribution in [0.4, 0.5) is 5.69 Å². The van der Waals surface area contributed by atoms with Crippen LogP contribution in [0.1, 0.15) is 32.3 Å². The maximum atomic E-state index is 12.0. The van der Waals surface area contributed by atoms with Crippen molar-refractivity contribution in [3.8, 4) is 0 Å². The van der Waals surface area contributed by atoms with Gasteiger partial charge in [0.2, 0.25) is 0 Å². The van der Waals surface area contributed by atoms with Crippen molar-refractivity contribution in [2.75, 3.05) is 18.4 Å². The summed E-state index contributed by atoms with van der Waals surface area (Å²) in [5.41, 5.74) is 2.47. The van der Waals surface area contributed by atoms with Gasteiger partial charge in [0.25, 0.3) is 5.91 Å². The number of hydrogen-bond donors (Lipinski definition) is 1. The lowest BCUT2D eigenvalue weighted by Crippen LogP contribution is -2.20. The summed E-state index contributed by atoms with van der Waals surface area (Å²) < 4.78 is 0. The topological polar surface area (TPSA) is 32.3 Å². The smallest absolute Gasteiger partial charge is 0.257 e. The lowest BCUT2D eigenvalue weighted by Gasteiger charge is -2.19. The summed E-state index contributed by atoms with van der Waals surface area (Å²) in [4.78, 5) is 14.2. The van der Waals surface area contributed by atoms with E-state index >= 15 is 0 Å². The zero-order valence-electron chi connectivity index (χ0n) is 11.4. The summed E-state index contributed by atoms with van der Waals surface area (Å²) in [5, 5.41) is 3.50. The standard InChI is InChI=1S/C15H19ClN2O/c1-3-7-18(8-4-2)10-13-12-6-5-11(16)9-14(12)17-15(13)19/h5-6,9-10H,3-4,7-8H2,1-2H3,(H,17,19)/b13-10+. The zero-order chi connectivity index (χ0) is 13.8. The molecule has 0 aromatic heterocycles. The first-order valence-electron chi connectivity index (χ1n) is 6.72. The van der Waals surface area contributed by atoms with Crippen molar-refractivity contribution in [3.05, 3.63) is 35.0 Å². The fourth-order valence-electron chi connectivity index (χ4n) is 2.29. The van der Waals surface area contributed by atoms with Crippen LogP contribution >= 0.6 is 11.6 Å². The molecule has 0 radical (unpaired) electrons. The normalized spacial score (nSPS) is 15.5. The molecule has 0 spiro atoms. The largest absolute Gasteiger partial charge is 0.377 e. The Balaban J connectivity index is 2.31. The molecule has 1 aromatic rings. The van der Waals surface area contributed by atoms with E-state index in [0.29, 0.717) is 5.02 Å². The third-order valence-corrected chi connectivity index (χ3v) is 3.33. The van der Waals surface area contributed by atoms with E-state index in [2.05, 4.69) is 24.1 Å². The summed E-state index contributed by atoms with van der Waals surface area (Å²) >= 11 is 5.94. The van der Waals surface area contributed by atoms with E-state index in [1.54, 1.807) is 6.07 Å². The van der Waals surface area contributed by atoms with Crippen LogP contribution in [0.5, 0.6) is 0 Å². The zero-order valence-corrected chi connectivity index (χ0v) is 12.1. The molecule has 0 saturated heterocycles. The number of fused-ring (bicyclic) bond motifs is 1. The minimum absolute atomic E-state index is 0.0468. The first kappa shape index (κ1) is 13.9. The fraction of sp³-hybridized carbons (Fsp3) is 0.400. The Hall–Kier alpha value is -1.48. The molecule has 1 aliphatic rings. The van der Waals surface area contributed by atoms with Gasteiger partial charge in [0.1, 0.15) is 0 Å². The van der Waals surface area contributed by atoms with Crippen LogP contribution in [-0.4, -0.2) is 23.9 Å². The molecule has 1 N–H and O–H groups in total. The molecule has 0 unspecified atom stereocenters. The second-order valence-electron chi connectivity index (χ2n) is 4.72. The van der Waals surface area contributed by atoms with E-state index in [0.717, 1.165) is 42.8 Å². The van der Waals surface area contributed by atoms with Crippen molar-refractivity contribution in [3.63, 3.8) is 0 Å². The van der Waals surface area contributed by atoms with Crippen LogP contribution in [0.25, 0.3) is 5.57 Å². The lowest BCUT2D eigenvalue weighted by atomic mass is 10.1. The maximum Gasteiger partial charge on any atom is 0.257 e. The van der Waals surface area contributed by atoms with Gasteiger partial charge in [-0.05, 0) is 25.0 Å². The van der Waals surface area contributed by atoms with Crippen LogP contribution in [0.15, 0.2) is 24.4 Å². The van der Waals surface area contributed by atoms with Gasteiger partial charge in [-0.3, -0.25) is 4.79 Å². The molecule has 1 aromatic carbocycles. The number of carbonyl (C=O) groups is 1. The van der Waals surface area contributed by atoms with Crippen molar-refractivity contribution in [1.29, 1.82) is 0 Å². The molecule has 0 aliphatic carbocycles. The first-order valence-corrected chi connectivity index (χ1v) is 7.10. The highest BCUT2D eigenvalue weighted by Gasteiger charge is 2.24. The van der Waals surface area contributed by atoms with Gasteiger partial charge in [0, 0.05) is 29.9 Å². The van der Waals surface area contributed by atoms with Crippen molar-refractivity contribution in [2.45, 2.75) is 26.7 Å². The van der Waals surface area contributed by atoms with E-state index in [-0.39, 0.29) is 5.91 Å². The molecule has 0 atom stereocenters. The average molecular weight is 279 g/mol. The molecule has 102 valence electrons. The van der Waals surface area contributed by atoms with Crippen LogP contribution < -0.4 is 5.32 Å². The maximum absolute atomic E-state index is 12.0. The van der Waals surface area contributed by atoms with E-state index in [1.165, 1.54) is 0 Å². The number of halogens is 1. The highest BCUT2D eigenvalue weighted by atomic mass is 35.5. The molecule has 19 heavy (non-hydrogen) atoms. The Morgan fingerprint density at radius 2 is 1.95 bits per heavy atom. The Bertz CT molecular complexity index is 505. The summed E-state index contributed by atoms with van der Waals surface area (Å²) in [6, 6.07) is 5.51. The number of benzene rings is 1. The van der Waals surface area contributed by atoms with Gasteiger partial charge in [0.15, 0.2) is 0 Å². The average Bonchev–Trinajstić information content (AvgIpc) is 2.66. The van der Waals surface area contributed by atoms with Gasteiger partial charge >= 0.3 is 0 Å². The molecular weight excluding hydrogens is 260 g/mol. The Labute approximate surface area is 119 Å². The summed E-state index contributed by atoms with van der Waals surface area (Å²) in [7, 11) is 0. The quantitative estimate of drug-likeness (QED) is 0.832. The molecule has 1 heterocycles. The number of rotatable bonds is 5. The predicted molar refractivity (Wildman–Crippen MR) is 80.2 cm³/mol. The molecule has 1 amide bonds. The van der Waals surface area contributed by atoms with Crippen LogP contribution in [0, 0.1) is 0 Å². The Morgan fingerprint density at radius 3 is 2.58 bits per heavy atom. The minimum Gasteiger partial charge on any atom is -0.377 e. The highest BCUT2D eigenvalue weighted by molar-refractivity contribution is 6.34. The van der Waals surface area contributed by atoms with Gasteiger partial charge in [-0.2, -0.15) is 0 Å². The number of carbonyl (C=O) groups excluding carboxylic acids is 1. The molecule has 2 rings (SSSR count). The lowest BCUT2D eigenvalue weighted by molar-refractivity contribution is -0.110.